The van der Waals surface area contributed by atoms with Crippen molar-refractivity contribution in [1.82, 2.24) is 0 Å². The lowest BCUT2D eigenvalue weighted by Crippen LogP contribution is -2.25. The Balaban J connectivity index is 0.000000157. The molecule has 5 nitrogen and oxygen atoms in total. The maximum atomic E-state index is 11.8. The molecule has 5 aromatic carbocycles. The molecular weight excluding hydrogens is 1050 g/mol. The van der Waals surface area contributed by atoms with Gasteiger partial charge in [-0.25, -0.2) is 0 Å². The average molecular weight is 1150 g/mol. The lowest BCUT2D eigenvalue weighted by atomic mass is 10.1. The van der Waals surface area contributed by atoms with Crippen LogP contribution in [0.15, 0.2) is 113 Å². The van der Waals surface area contributed by atoms with E-state index >= 15 is 0 Å². The van der Waals surface area contributed by atoms with Gasteiger partial charge in [-0.3, -0.25) is 14.4 Å². The van der Waals surface area contributed by atoms with Crippen molar-refractivity contribution in [3.63, 3.8) is 0 Å². The van der Waals surface area contributed by atoms with Crippen molar-refractivity contribution in [2.75, 3.05) is 106 Å². The number of fused-ring (bicyclic) bond motifs is 2. The zero-order valence-corrected chi connectivity index (χ0v) is 52.1. The van der Waals surface area contributed by atoms with Crippen LogP contribution >= 0.6 is 0 Å². The molecule has 5 heterocycles. The summed E-state index contributed by atoms with van der Waals surface area (Å²) >= 11 is 0. The Labute approximate surface area is 477 Å². The first-order valence-corrected chi connectivity index (χ1v) is 38.9. The highest BCUT2D eigenvalue weighted by Gasteiger charge is 2.33. The largest absolute Gasteiger partial charge is 0.496 e. The second-order valence-electron chi connectivity index (χ2n) is 20.5. The standard InChI is InChI=1S/C19H27OS.C15H17OS.C12H15OS.C11H20OS2.C8H15OS/c1-4-6-14-21(15-7-5-2)19-13-12-18(20-3)16-10-8-9-11-17(16)19;1-16-14-8-9-15(17-10-4-5-11-17)13-7-3-2-6-12(13)14;13-12(10-14-8-4-5-9-14)11-6-2-1-3-7-11;12-11(9-13-5-1-2-6-13)10-14-7-3-4-8-14;1-2-8(9)7-10-5-3-4-6-10/h8-13H,4-7,14-15H2,1-3H3;2-3,6-9H,4-5,10-11H2,1H3;1-3,6-7H,4-5,8-10H2;1-10H2;2-7H2,1H3/q3*+1;+2;+1. The smallest absolute Gasteiger partial charge is 0.230 e. The number of unbranched alkanes of at least 4 members (excludes halogenated alkanes) is 2. The molecule has 0 bridgehead atoms. The molecule has 0 saturated carbocycles. The van der Waals surface area contributed by atoms with Gasteiger partial charge in [0.1, 0.15) is 80.5 Å². The van der Waals surface area contributed by atoms with Crippen molar-refractivity contribution in [3.8, 4) is 11.5 Å². The molecule has 5 aliphatic rings. The van der Waals surface area contributed by atoms with Crippen LogP contribution in [0.5, 0.6) is 11.5 Å². The van der Waals surface area contributed by atoms with Crippen LogP contribution in [0.4, 0.5) is 0 Å². The Morgan fingerprint density at radius 3 is 1.29 bits per heavy atom. The van der Waals surface area contributed by atoms with E-state index < -0.39 is 0 Å². The summed E-state index contributed by atoms with van der Waals surface area (Å²) < 4.78 is 11.0. The summed E-state index contributed by atoms with van der Waals surface area (Å²) in [5.74, 6) is 22.9. The summed E-state index contributed by atoms with van der Waals surface area (Å²) in [5, 5.41) is 5.28. The minimum Gasteiger partial charge on any atom is -0.496 e. The molecule has 76 heavy (non-hydrogen) atoms. The number of hydrogen-bond acceptors (Lipinski definition) is 5. The van der Waals surface area contributed by atoms with Crippen molar-refractivity contribution in [3.05, 3.63) is 109 Å². The SMILES string of the molecule is CCC(=O)C[S+]1CCCC1.CCCC[S+](CCCC)c1ccc(OC)c2ccccc12.COc1ccc([S+]2CCCC2)c2ccccc12.O=C(C[S+]1CCCC1)C[S+]1CCCC1.O=C(C[S+]1CCCC1)c1ccccc1. The van der Waals surface area contributed by atoms with Crippen molar-refractivity contribution < 1.29 is 23.9 Å². The van der Waals surface area contributed by atoms with Crippen LogP contribution in [-0.2, 0) is 75.0 Å². The van der Waals surface area contributed by atoms with E-state index in [4.69, 9.17) is 9.47 Å². The monoisotopic (exact) mass is 1150 g/mol. The number of methoxy groups -OCH3 is 2. The van der Waals surface area contributed by atoms with Crippen LogP contribution in [-0.4, -0.2) is 124 Å². The molecule has 0 atom stereocenters. The van der Waals surface area contributed by atoms with Gasteiger partial charge in [0.25, 0.3) is 0 Å². The van der Waals surface area contributed by atoms with Gasteiger partial charge in [0, 0.05) is 55.3 Å². The minimum atomic E-state index is 0.329. The minimum absolute atomic E-state index is 0.329. The number of carbonyl (C=O) groups excluding carboxylic acids is 3. The average Bonchev–Trinajstić information content (AvgIpc) is 4.35. The molecular formula is C65H94O5S6+6. The van der Waals surface area contributed by atoms with Gasteiger partial charge in [0.05, 0.1) is 14.2 Å². The summed E-state index contributed by atoms with van der Waals surface area (Å²) in [5.41, 5.74) is 0.881. The van der Waals surface area contributed by atoms with Crippen molar-refractivity contribution >= 4 is 104 Å². The summed E-state index contributed by atoms with van der Waals surface area (Å²) in [6, 6.07) is 35.8. The van der Waals surface area contributed by atoms with E-state index in [1.807, 2.05) is 37.3 Å². The molecule has 0 amide bonds. The van der Waals surface area contributed by atoms with E-state index in [9.17, 15) is 14.4 Å². The summed E-state index contributed by atoms with van der Waals surface area (Å²) in [6.07, 6.45) is 19.6. The highest BCUT2D eigenvalue weighted by atomic mass is 32.2. The van der Waals surface area contributed by atoms with E-state index in [0.29, 0.717) is 82.7 Å². The van der Waals surface area contributed by atoms with E-state index in [0.717, 1.165) is 46.5 Å². The van der Waals surface area contributed by atoms with Gasteiger partial charge < -0.3 is 9.47 Å². The molecule has 0 aromatic heterocycles. The first-order valence-electron chi connectivity index (χ1n) is 28.9. The number of ether oxygens (including phenoxy) is 2. The molecule has 0 unspecified atom stereocenters. The Morgan fingerprint density at radius 2 is 0.829 bits per heavy atom. The van der Waals surface area contributed by atoms with Crippen LogP contribution < -0.4 is 9.47 Å². The summed E-state index contributed by atoms with van der Waals surface area (Å²) in [6.45, 7) is 6.53. The van der Waals surface area contributed by atoms with Gasteiger partial charge >= 0.3 is 0 Å². The highest BCUT2D eigenvalue weighted by Crippen LogP contribution is 2.35. The second-order valence-corrected chi connectivity index (χ2v) is 34.4. The zero-order chi connectivity index (χ0) is 53.7. The third kappa shape index (κ3) is 20.8. The lowest BCUT2D eigenvalue weighted by molar-refractivity contribution is -0.116. The van der Waals surface area contributed by atoms with Crippen LogP contribution in [0.1, 0.15) is 127 Å². The van der Waals surface area contributed by atoms with Crippen LogP contribution in [0.25, 0.3) is 21.5 Å². The first kappa shape index (κ1) is 62.5. The molecule has 5 aromatic rings. The highest BCUT2D eigenvalue weighted by molar-refractivity contribution is 7.99. The summed E-state index contributed by atoms with van der Waals surface area (Å²) in [7, 11) is 6.23. The molecule has 5 fully saturated rings. The van der Waals surface area contributed by atoms with Crippen LogP contribution in [0.2, 0.25) is 0 Å². The third-order valence-electron chi connectivity index (χ3n) is 14.7. The fourth-order valence-electron chi connectivity index (χ4n) is 10.3. The molecule has 0 radical (unpaired) electrons. The van der Waals surface area contributed by atoms with Gasteiger partial charge in [-0.1, -0.05) is 100 Å². The Morgan fingerprint density at radius 1 is 0.434 bits per heavy atom. The fourth-order valence-corrected chi connectivity index (χ4v) is 24.8. The van der Waals surface area contributed by atoms with Gasteiger partial charge in [-0.2, -0.15) is 0 Å². The molecule has 0 aliphatic carbocycles. The van der Waals surface area contributed by atoms with E-state index in [1.165, 1.54) is 185 Å². The third-order valence-corrected chi connectivity index (χ3v) is 29.5. The topological polar surface area (TPSA) is 69.7 Å². The zero-order valence-electron chi connectivity index (χ0n) is 47.2. The molecule has 5 saturated heterocycles. The Hall–Kier alpha value is -2.67. The molecule has 0 N–H and O–H groups in total. The van der Waals surface area contributed by atoms with Gasteiger partial charge in [-0.15, -0.1) is 0 Å². The van der Waals surface area contributed by atoms with Gasteiger partial charge in [0.2, 0.25) is 11.6 Å². The molecule has 10 rings (SSSR count). The predicted octanol–water partition coefficient (Wildman–Crippen LogP) is 14.1. The normalized spacial score (nSPS) is 17.1. The maximum absolute atomic E-state index is 11.8. The van der Waals surface area contributed by atoms with E-state index in [2.05, 4.69) is 86.6 Å². The number of Topliss-reactive ketones (excluding diaryl/α,β-unsaturated/α-hetero) is 3. The number of benzene rings is 5. The summed E-state index contributed by atoms with van der Waals surface area (Å²) in [4.78, 5) is 37.6. The molecule has 11 heteroatoms. The maximum Gasteiger partial charge on any atom is 0.230 e. The Kier molecular flexibility index (Phi) is 29.5. The molecule has 5 aliphatic heterocycles. The number of carbonyl (C=O) groups is 3. The Bertz CT molecular complexity index is 2430. The van der Waals surface area contributed by atoms with Crippen molar-refractivity contribution in [1.29, 1.82) is 0 Å². The van der Waals surface area contributed by atoms with Gasteiger partial charge in [0.15, 0.2) is 38.6 Å². The van der Waals surface area contributed by atoms with E-state index in [1.54, 1.807) is 19.1 Å². The van der Waals surface area contributed by atoms with Gasteiger partial charge in [-0.05, 0) is 157 Å². The van der Waals surface area contributed by atoms with E-state index in [-0.39, 0.29) is 0 Å². The number of rotatable bonds is 20. The molecule has 0 spiro atoms. The quantitative estimate of drug-likeness (QED) is 0.0574. The van der Waals surface area contributed by atoms with Crippen molar-refractivity contribution in [2.24, 2.45) is 0 Å². The lowest BCUT2D eigenvalue weighted by Gasteiger charge is -2.12. The molecule has 414 valence electrons. The second kappa shape index (κ2) is 35.8. The van der Waals surface area contributed by atoms with Crippen LogP contribution in [0, 0.1) is 0 Å². The first-order chi connectivity index (χ1) is 37.2. The fraction of sp³-hybridized carbons (Fsp3) is 0.554. The predicted molar refractivity (Wildman–Crippen MR) is 347 cm³/mol. The van der Waals surface area contributed by atoms with Crippen molar-refractivity contribution in [2.45, 2.75) is 127 Å². The number of ketones is 3. The number of hydrogen-bond donors (Lipinski definition) is 0. The van der Waals surface area contributed by atoms with Crippen LogP contribution in [0.3, 0.4) is 0 Å².